The Morgan fingerprint density at radius 1 is 0.800 bits per heavy atom. The summed E-state index contributed by atoms with van der Waals surface area (Å²) in [4.78, 5) is 30.0. The Morgan fingerprint density at radius 3 is 1.93 bits per heavy atom. The number of aryl methyl sites for hydroxylation is 2. The Bertz CT molecular complexity index is 1720. The Hall–Kier alpha value is -4.14. The normalized spacial score (nSPS) is 12.3. The molecular weight excluding hydrogens is 606 g/mol. The first-order valence-electron chi connectivity index (χ1n) is 14.8. The number of anilines is 1. The molecule has 4 aromatic carbocycles. The van der Waals surface area contributed by atoms with E-state index in [0.717, 1.165) is 21.0 Å². The highest BCUT2D eigenvalue weighted by atomic mass is 35.5. The molecular formula is C36H40ClN3O4S. The number of hydrogen-bond donors (Lipinski definition) is 1. The highest BCUT2D eigenvalue weighted by molar-refractivity contribution is 7.92. The predicted molar refractivity (Wildman–Crippen MR) is 181 cm³/mol. The Morgan fingerprint density at radius 2 is 1.36 bits per heavy atom. The second kappa shape index (κ2) is 14.3. The molecule has 0 fully saturated rings. The van der Waals surface area contributed by atoms with Gasteiger partial charge in [-0.25, -0.2) is 8.42 Å². The van der Waals surface area contributed by atoms with Gasteiger partial charge in [0.15, 0.2) is 0 Å². The van der Waals surface area contributed by atoms with Crippen LogP contribution in [-0.4, -0.2) is 43.3 Å². The van der Waals surface area contributed by atoms with Crippen LogP contribution in [0.25, 0.3) is 0 Å². The second-order valence-electron chi connectivity index (χ2n) is 12.2. The molecule has 2 amide bonds. The molecule has 0 aliphatic heterocycles. The van der Waals surface area contributed by atoms with Gasteiger partial charge in [0, 0.05) is 23.5 Å². The van der Waals surface area contributed by atoms with Gasteiger partial charge in [0.2, 0.25) is 11.8 Å². The average Bonchev–Trinajstić information content (AvgIpc) is 2.99. The fourth-order valence-corrected chi connectivity index (χ4v) is 6.50. The number of halogens is 1. The molecule has 0 aliphatic carbocycles. The van der Waals surface area contributed by atoms with Crippen LogP contribution in [0.2, 0.25) is 5.02 Å². The molecule has 0 heterocycles. The lowest BCUT2D eigenvalue weighted by molar-refractivity contribution is -0.140. The second-order valence-corrected chi connectivity index (χ2v) is 14.5. The van der Waals surface area contributed by atoms with Crippen LogP contribution >= 0.6 is 11.6 Å². The number of benzene rings is 4. The Labute approximate surface area is 271 Å². The molecule has 0 unspecified atom stereocenters. The van der Waals surface area contributed by atoms with Gasteiger partial charge >= 0.3 is 0 Å². The van der Waals surface area contributed by atoms with E-state index < -0.39 is 34.1 Å². The molecule has 4 aromatic rings. The molecule has 0 bridgehead atoms. The van der Waals surface area contributed by atoms with Gasteiger partial charge in [0.1, 0.15) is 12.6 Å². The van der Waals surface area contributed by atoms with Crippen molar-refractivity contribution in [3.63, 3.8) is 0 Å². The number of amides is 2. The van der Waals surface area contributed by atoms with Crippen LogP contribution in [0, 0.1) is 13.8 Å². The van der Waals surface area contributed by atoms with Crippen molar-refractivity contribution in [1.29, 1.82) is 0 Å². The summed E-state index contributed by atoms with van der Waals surface area (Å²) in [5, 5.41) is 3.47. The van der Waals surface area contributed by atoms with Gasteiger partial charge in [-0.15, -0.1) is 0 Å². The number of sulfonamides is 1. The molecule has 9 heteroatoms. The summed E-state index contributed by atoms with van der Waals surface area (Å²) in [5.41, 5.74) is 3.11. The average molecular weight is 646 g/mol. The van der Waals surface area contributed by atoms with E-state index in [2.05, 4.69) is 5.32 Å². The SMILES string of the molecule is Cc1ccc(N(CC(=O)N(Cc2ccccc2Cl)[C@@H](Cc2ccccc2)C(=O)NC(C)(C)C)S(=O)(=O)c2ccc(C)cc2)cc1. The third-order valence-corrected chi connectivity index (χ3v) is 9.43. The zero-order valence-corrected chi connectivity index (χ0v) is 27.9. The van der Waals surface area contributed by atoms with E-state index in [-0.39, 0.29) is 23.8 Å². The minimum Gasteiger partial charge on any atom is -0.350 e. The van der Waals surface area contributed by atoms with Crippen molar-refractivity contribution in [1.82, 2.24) is 10.2 Å². The van der Waals surface area contributed by atoms with Crippen LogP contribution in [0.5, 0.6) is 0 Å². The first-order chi connectivity index (χ1) is 21.2. The Kier molecular flexibility index (Phi) is 10.7. The van der Waals surface area contributed by atoms with Crippen molar-refractivity contribution in [2.24, 2.45) is 0 Å². The van der Waals surface area contributed by atoms with Gasteiger partial charge in [-0.05, 0) is 76.1 Å². The molecule has 7 nitrogen and oxygen atoms in total. The number of nitrogens with zero attached hydrogens (tertiary/aromatic N) is 2. The summed E-state index contributed by atoms with van der Waals surface area (Å²) in [6.45, 7) is 8.87. The summed E-state index contributed by atoms with van der Waals surface area (Å²) in [6.07, 6.45) is 0.216. The van der Waals surface area contributed by atoms with Crippen LogP contribution in [-0.2, 0) is 32.6 Å². The summed E-state index contributed by atoms with van der Waals surface area (Å²) in [5.74, 6) is -0.897. The van der Waals surface area contributed by atoms with Crippen molar-refractivity contribution in [3.8, 4) is 0 Å². The van der Waals surface area contributed by atoms with Crippen molar-refractivity contribution in [3.05, 3.63) is 130 Å². The summed E-state index contributed by atoms with van der Waals surface area (Å²) < 4.78 is 29.4. The maximum atomic E-state index is 14.5. The van der Waals surface area contributed by atoms with Crippen molar-refractivity contribution < 1.29 is 18.0 Å². The van der Waals surface area contributed by atoms with Crippen LogP contribution in [0.3, 0.4) is 0 Å². The fourth-order valence-electron chi connectivity index (χ4n) is 4.89. The lowest BCUT2D eigenvalue weighted by Gasteiger charge is -2.35. The van der Waals surface area contributed by atoms with Gasteiger partial charge in [-0.2, -0.15) is 0 Å². The predicted octanol–water partition coefficient (Wildman–Crippen LogP) is 6.71. The van der Waals surface area contributed by atoms with Crippen molar-refractivity contribution in [2.75, 3.05) is 10.8 Å². The van der Waals surface area contributed by atoms with E-state index in [1.54, 1.807) is 54.6 Å². The molecule has 45 heavy (non-hydrogen) atoms. The minimum absolute atomic E-state index is 0.000112. The molecule has 236 valence electrons. The lowest BCUT2D eigenvalue weighted by Crippen LogP contribution is -2.56. The van der Waals surface area contributed by atoms with Gasteiger partial charge in [0.25, 0.3) is 10.0 Å². The van der Waals surface area contributed by atoms with Gasteiger partial charge in [-0.1, -0.05) is 95.5 Å². The molecule has 0 aromatic heterocycles. The zero-order chi connectivity index (χ0) is 32.8. The highest BCUT2D eigenvalue weighted by Gasteiger charge is 2.35. The lowest BCUT2D eigenvalue weighted by atomic mass is 10.0. The molecule has 1 atom stereocenters. The number of hydrogen-bond acceptors (Lipinski definition) is 4. The van der Waals surface area contributed by atoms with E-state index in [4.69, 9.17) is 11.6 Å². The van der Waals surface area contributed by atoms with E-state index in [1.165, 1.54) is 17.0 Å². The number of carbonyl (C=O) groups is 2. The van der Waals surface area contributed by atoms with E-state index in [1.807, 2.05) is 71.0 Å². The fraction of sp³-hybridized carbons (Fsp3) is 0.278. The molecule has 1 N–H and O–H groups in total. The van der Waals surface area contributed by atoms with E-state index in [9.17, 15) is 18.0 Å². The summed E-state index contributed by atoms with van der Waals surface area (Å²) in [6, 6.07) is 29.1. The largest absolute Gasteiger partial charge is 0.350 e. The summed E-state index contributed by atoms with van der Waals surface area (Å²) in [7, 11) is -4.17. The molecule has 0 aliphatic rings. The molecule has 0 saturated carbocycles. The first kappa shape index (κ1) is 33.7. The third kappa shape index (κ3) is 8.96. The number of rotatable bonds is 11. The zero-order valence-electron chi connectivity index (χ0n) is 26.3. The molecule has 0 radical (unpaired) electrons. The maximum Gasteiger partial charge on any atom is 0.264 e. The van der Waals surface area contributed by atoms with Crippen LogP contribution in [0.15, 0.2) is 108 Å². The maximum absolute atomic E-state index is 14.5. The van der Waals surface area contributed by atoms with Gasteiger partial charge in [-0.3, -0.25) is 13.9 Å². The van der Waals surface area contributed by atoms with E-state index in [0.29, 0.717) is 16.3 Å². The molecule has 4 rings (SSSR count). The number of nitrogens with one attached hydrogen (secondary N) is 1. The van der Waals surface area contributed by atoms with Gasteiger partial charge < -0.3 is 10.2 Å². The molecule has 0 spiro atoms. The van der Waals surface area contributed by atoms with Crippen molar-refractivity contribution >= 4 is 39.1 Å². The quantitative estimate of drug-likeness (QED) is 0.197. The van der Waals surface area contributed by atoms with Crippen LogP contribution < -0.4 is 9.62 Å². The smallest absolute Gasteiger partial charge is 0.264 e. The Balaban J connectivity index is 1.82. The van der Waals surface area contributed by atoms with Crippen LogP contribution in [0.4, 0.5) is 5.69 Å². The number of carbonyl (C=O) groups excluding carboxylic acids is 2. The minimum atomic E-state index is -4.17. The highest BCUT2D eigenvalue weighted by Crippen LogP contribution is 2.27. The first-order valence-corrected chi connectivity index (χ1v) is 16.6. The van der Waals surface area contributed by atoms with E-state index >= 15 is 0 Å². The van der Waals surface area contributed by atoms with Crippen LogP contribution in [0.1, 0.15) is 43.0 Å². The van der Waals surface area contributed by atoms with Crippen molar-refractivity contribution in [2.45, 2.75) is 64.1 Å². The van der Waals surface area contributed by atoms with Gasteiger partial charge in [0.05, 0.1) is 10.6 Å². The third-order valence-electron chi connectivity index (χ3n) is 7.28. The monoisotopic (exact) mass is 645 g/mol. The standard InChI is InChI=1S/C36H40ClN3O4S/c1-26-15-19-30(20-16-26)40(45(43,44)31-21-17-27(2)18-22-31)25-34(41)39(24-29-13-9-10-14-32(29)37)33(35(42)38-36(3,4)5)23-28-11-7-6-8-12-28/h6-22,33H,23-25H2,1-5H3,(H,38,42)/t33-/m0/s1. The molecule has 0 saturated heterocycles. The topological polar surface area (TPSA) is 86.8 Å². The summed E-state index contributed by atoms with van der Waals surface area (Å²) >= 11 is 6.56.